The quantitative estimate of drug-likeness (QED) is 0.781. The van der Waals surface area contributed by atoms with Crippen LogP contribution in [0, 0.1) is 5.92 Å². The van der Waals surface area contributed by atoms with Gasteiger partial charge in [0.25, 0.3) is 0 Å². The maximum Gasteiger partial charge on any atom is 0.225 e. The largest absolute Gasteiger partial charge is 0.316 e. The second-order valence-corrected chi connectivity index (χ2v) is 6.49. The molecule has 1 unspecified atom stereocenters. The highest BCUT2D eigenvalue weighted by Gasteiger charge is 2.19. The van der Waals surface area contributed by atoms with E-state index in [1.807, 2.05) is 6.07 Å². The minimum Gasteiger partial charge on any atom is -0.316 e. The van der Waals surface area contributed by atoms with Crippen molar-refractivity contribution in [2.24, 2.45) is 5.92 Å². The molecule has 1 amide bonds. The van der Waals surface area contributed by atoms with Gasteiger partial charge >= 0.3 is 0 Å². The van der Waals surface area contributed by atoms with E-state index in [2.05, 4.69) is 20.8 Å². The maximum absolute atomic E-state index is 12.0. The molecule has 1 atom stereocenters. The van der Waals surface area contributed by atoms with Gasteiger partial charge in [0.1, 0.15) is 0 Å². The molecule has 116 valence electrons. The van der Waals surface area contributed by atoms with Crippen LogP contribution in [0.3, 0.4) is 0 Å². The lowest BCUT2D eigenvalue weighted by molar-refractivity contribution is -0.116. The van der Waals surface area contributed by atoms with Crippen LogP contribution in [0.15, 0.2) is 6.07 Å². The molecular formula is C16H26N4O. The number of hydrogen-bond acceptors (Lipinski definition) is 3. The molecule has 0 bridgehead atoms. The van der Waals surface area contributed by atoms with Gasteiger partial charge in [-0.05, 0) is 44.7 Å². The van der Waals surface area contributed by atoms with Crippen LogP contribution in [-0.4, -0.2) is 29.2 Å². The number of carbonyl (C=O) groups excluding carboxylic acids is 1. The van der Waals surface area contributed by atoms with Crippen molar-refractivity contribution >= 4 is 11.7 Å². The van der Waals surface area contributed by atoms with Gasteiger partial charge in [-0.1, -0.05) is 19.3 Å². The third kappa shape index (κ3) is 4.06. The minimum absolute atomic E-state index is 0.0867. The van der Waals surface area contributed by atoms with Gasteiger partial charge in [-0.15, -0.1) is 0 Å². The zero-order valence-corrected chi connectivity index (χ0v) is 12.7. The summed E-state index contributed by atoms with van der Waals surface area (Å²) >= 11 is 0. The fourth-order valence-electron chi connectivity index (χ4n) is 3.52. The van der Waals surface area contributed by atoms with Gasteiger partial charge in [0.2, 0.25) is 5.91 Å². The zero-order chi connectivity index (χ0) is 14.5. The maximum atomic E-state index is 12.0. The van der Waals surface area contributed by atoms with E-state index in [4.69, 9.17) is 0 Å². The first-order valence-electron chi connectivity index (χ1n) is 8.37. The highest BCUT2D eigenvalue weighted by molar-refractivity contribution is 5.89. The van der Waals surface area contributed by atoms with Crippen LogP contribution >= 0.6 is 0 Å². The molecule has 3 rings (SSSR count). The van der Waals surface area contributed by atoms with Crippen LogP contribution in [0.4, 0.5) is 5.82 Å². The molecule has 5 heteroatoms. The van der Waals surface area contributed by atoms with Gasteiger partial charge < -0.3 is 10.6 Å². The molecule has 2 fully saturated rings. The van der Waals surface area contributed by atoms with Crippen molar-refractivity contribution in [3.63, 3.8) is 0 Å². The van der Waals surface area contributed by atoms with E-state index in [0.717, 1.165) is 19.5 Å². The third-order valence-corrected chi connectivity index (χ3v) is 4.85. The second-order valence-electron chi connectivity index (χ2n) is 6.49. The number of amides is 1. The first-order valence-corrected chi connectivity index (χ1v) is 8.37. The topological polar surface area (TPSA) is 69.8 Å². The summed E-state index contributed by atoms with van der Waals surface area (Å²) in [6.45, 7) is 2.15. The third-order valence-electron chi connectivity index (χ3n) is 4.85. The number of H-pyrrole nitrogens is 1. The van der Waals surface area contributed by atoms with Gasteiger partial charge in [-0.2, -0.15) is 5.10 Å². The van der Waals surface area contributed by atoms with Crippen molar-refractivity contribution < 1.29 is 4.79 Å². The lowest BCUT2D eigenvalue weighted by atomic mass is 9.87. The van der Waals surface area contributed by atoms with Crippen LogP contribution < -0.4 is 10.6 Å². The highest BCUT2D eigenvalue weighted by Crippen LogP contribution is 2.32. The summed E-state index contributed by atoms with van der Waals surface area (Å²) in [5, 5.41) is 13.6. The Kier molecular flexibility index (Phi) is 4.91. The Hall–Kier alpha value is -1.36. The summed E-state index contributed by atoms with van der Waals surface area (Å²) < 4.78 is 0. The molecule has 1 aliphatic carbocycles. The molecule has 3 N–H and O–H groups in total. The van der Waals surface area contributed by atoms with Gasteiger partial charge in [-0.3, -0.25) is 9.89 Å². The zero-order valence-electron chi connectivity index (χ0n) is 12.7. The molecule has 1 aromatic heterocycles. The van der Waals surface area contributed by atoms with Crippen LogP contribution in [0.2, 0.25) is 0 Å². The van der Waals surface area contributed by atoms with Crippen molar-refractivity contribution in [2.45, 2.75) is 57.3 Å². The van der Waals surface area contributed by atoms with Gasteiger partial charge in [0.15, 0.2) is 5.82 Å². The van der Waals surface area contributed by atoms with Gasteiger partial charge in [0, 0.05) is 24.1 Å². The number of aromatic nitrogens is 2. The second kappa shape index (κ2) is 7.07. The Morgan fingerprint density at radius 3 is 2.90 bits per heavy atom. The number of hydrogen-bond donors (Lipinski definition) is 3. The van der Waals surface area contributed by atoms with Gasteiger partial charge in [-0.25, -0.2) is 0 Å². The molecule has 1 aromatic rings. The van der Waals surface area contributed by atoms with E-state index >= 15 is 0 Å². The molecule has 2 heterocycles. The fourth-order valence-corrected chi connectivity index (χ4v) is 3.52. The fraction of sp³-hybridized carbons (Fsp3) is 0.750. The predicted octanol–water partition coefficient (Wildman–Crippen LogP) is 2.79. The number of nitrogens with zero attached hydrogens (tertiary/aromatic N) is 1. The normalized spacial score (nSPS) is 23.3. The van der Waals surface area contributed by atoms with E-state index in [-0.39, 0.29) is 5.91 Å². The Balaban J connectivity index is 1.45. The smallest absolute Gasteiger partial charge is 0.225 e. The van der Waals surface area contributed by atoms with E-state index in [1.165, 1.54) is 44.2 Å². The first kappa shape index (κ1) is 14.6. The van der Waals surface area contributed by atoms with E-state index in [0.29, 0.717) is 24.1 Å². The number of carbonyl (C=O) groups is 1. The molecule has 0 spiro atoms. The Morgan fingerprint density at radius 1 is 1.29 bits per heavy atom. The Bertz CT molecular complexity index is 459. The van der Waals surface area contributed by atoms with E-state index < -0.39 is 0 Å². The van der Waals surface area contributed by atoms with Crippen LogP contribution in [0.5, 0.6) is 0 Å². The summed E-state index contributed by atoms with van der Waals surface area (Å²) in [6.07, 6.45) is 9.21. The summed E-state index contributed by atoms with van der Waals surface area (Å²) in [5.41, 5.74) is 1.19. The first-order chi connectivity index (χ1) is 10.3. The van der Waals surface area contributed by atoms with Crippen LogP contribution in [-0.2, 0) is 4.79 Å². The van der Waals surface area contributed by atoms with E-state index in [9.17, 15) is 4.79 Å². The summed E-state index contributed by atoms with van der Waals surface area (Å²) in [4.78, 5) is 12.0. The van der Waals surface area contributed by atoms with Crippen molar-refractivity contribution in [2.75, 3.05) is 18.4 Å². The molecule has 1 saturated heterocycles. The Labute approximate surface area is 126 Å². The van der Waals surface area contributed by atoms with Crippen molar-refractivity contribution in [3.05, 3.63) is 11.8 Å². The lowest BCUT2D eigenvalue weighted by Crippen LogP contribution is -2.15. The van der Waals surface area contributed by atoms with Crippen molar-refractivity contribution in [1.29, 1.82) is 0 Å². The highest BCUT2D eigenvalue weighted by atomic mass is 16.1. The number of anilines is 1. The molecule has 0 aromatic carbocycles. The molecule has 1 saturated carbocycles. The number of aromatic amines is 1. The average Bonchev–Trinajstić information content (AvgIpc) is 3.17. The number of rotatable bonds is 5. The molecule has 1 aliphatic heterocycles. The van der Waals surface area contributed by atoms with Crippen LogP contribution in [0.1, 0.15) is 63.0 Å². The molecule has 0 radical (unpaired) electrons. The number of nitrogens with one attached hydrogen (secondary N) is 3. The van der Waals surface area contributed by atoms with Crippen LogP contribution in [0.25, 0.3) is 0 Å². The molecule has 2 aliphatic rings. The molecular weight excluding hydrogens is 264 g/mol. The summed E-state index contributed by atoms with van der Waals surface area (Å²) in [5.74, 6) is 2.03. The lowest BCUT2D eigenvalue weighted by Gasteiger charge is -2.19. The Morgan fingerprint density at radius 2 is 2.14 bits per heavy atom. The summed E-state index contributed by atoms with van der Waals surface area (Å²) in [7, 11) is 0. The molecule has 21 heavy (non-hydrogen) atoms. The average molecular weight is 290 g/mol. The van der Waals surface area contributed by atoms with E-state index in [1.54, 1.807) is 0 Å². The monoisotopic (exact) mass is 290 g/mol. The van der Waals surface area contributed by atoms with Crippen molar-refractivity contribution in [3.8, 4) is 0 Å². The summed E-state index contributed by atoms with van der Waals surface area (Å²) in [6, 6.07) is 2.02. The minimum atomic E-state index is 0.0867. The van der Waals surface area contributed by atoms with Gasteiger partial charge in [0.05, 0.1) is 0 Å². The van der Waals surface area contributed by atoms with Crippen molar-refractivity contribution in [1.82, 2.24) is 15.5 Å². The molecule has 5 nitrogen and oxygen atoms in total. The SMILES string of the molecule is O=C(CCC1CCNC1)Nc1cc(C2CCCCC2)[nH]n1. The predicted molar refractivity (Wildman–Crippen MR) is 83.3 cm³/mol. The standard InChI is InChI=1S/C16H26N4O/c21-16(7-6-12-8-9-17-11-12)18-15-10-14(19-20-15)13-4-2-1-3-5-13/h10,12-13,17H,1-9,11H2,(H2,18,19,20,21).